The third-order valence-electron chi connectivity index (χ3n) is 9.55. The molecule has 1 aliphatic rings. The lowest BCUT2D eigenvalue weighted by atomic mass is 9.87. The van der Waals surface area contributed by atoms with Crippen LogP contribution in [0.4, 0.5) is 0 Å². The van der Waals surface area contributed by atoms with Crippen molar-refractivity contribution in [3.05, 3.63) is 24.5 Å². The fourth-order valence-electron chi connectivity index (χ4n) is 6.52. The number of esters is 1. The lowest BCUT2D eigenvalue weighted by molar-refractivity contribution is -0.153. The molecule has 298 valence electrons. The molecule has 11 nitrogen and oxygen atoms in total. The van der Waals surface area contributed by atoms with E-state index in [1.807, 2.05) is 6.08 Å². The normalized spacial score (nSPS) is 20.7. The second-order valence-corrected chi connectivity index (χ2v) is 15.5. The predicted molar refractivity (Wildman–Crippen MR) is 200 cm³/mol. The first kappa shape index (κ1) is 47.4. The SMILES string of the molecule is CCCCCCCCCCCCCC/C=C/OC[C@H](COP(=O)(O)O)OC(=O)CCCCC(=O)C[C@@H]1[C@@H](/C=C/[C@@H](O)CCCCC)[C@H](O)C[C@@H]1O. The highest BCUT2D eigenvalue weighted by Crippen LogP contribution is 2.37. The number of ketones is 1. The molecule has 0 aliphatic heterocycles. The molecule has 12 heteroatoms. The Morgan fingerprint density at radius 1 is 0.784 bits per heavy atom. The van der Waals surface area contributed by atoms with Gasteiger partial charge in [-0.1, -0.05) is 116 Å². The van der Waals surface area contributed by atoms with Gasteiger partial charge in [-0.3, -0.25) is 14.1 Å². The van der Waals surface area contributed by atoms with Crippen LogP contribution in [0.3, 0.4) is 0 Å². The monoisotopic (exact) mass is 746 g/mol. The summed E-state index contributed by atoms with van der Waals surface area (Å²) in [5.41, 5.74) is 0. The molecule has 6 atom stereocenters. The lowest BCUT2D eigenvalue weighted by Crippen LogP contribution is -2.27. The van der Waals surface area contributed by atoms with Crippen LogP contribution < -0.4 is 0 Å². The van der Waals surface area contributed by atoms with Crippen LogP contribution in [0, 0.1) is 11.8 Å². The topological polar surface area (TPSA) is 180 Å². The number of rotatable bonds is 33. The van der Waals surface area contributed by atoms with Crippen molar-refractivity contribution in [2.24, 2.45) is 11.8 Å². The van der Waals surface area contributed by atoms with E-state index in [1.165, 1.54) is 70.5 Å². The Kier molecular flexibility index (Phi) is 27.7. The Morgan fingerprint density at radius 3 is 2.00 bits per heavy atom. The number of Topliss-reactive ketones (excluding diaryl/α,β-unsaturated/α-hetero) is 1. The number of allylic oxidation sites excluding steroid dienone is 1. The Labute approximate surface area is 307 Å². The average Bonchev–Trinajstić information content (AvgIpc) is 3.34. The number of aliphatic hydroxyl groups is 3. The molecule has 0 unspecified atom stereocenters. The number of phosphoric acid groups is 1. The zero-order chi connectivity index (χ0) is 37.7. The van der Waals surface area contributed by atoms with Crippen LogP contribution >= 0.6 is 7.82 Å². The van der Waals surface area contributed by atoms with Crippen LogP contribution in [-0.2, 0) is 28.2 Å². The molecular weight excluding hydrogens is 675 g/mol. The minimum atomic E-state index is -4.77. The van der Waals surface area contributed by atoms with Crippen molar-refractivity contribution >= 4 is 19.6 Å². The third-order valence-corrected chi connectivity index (χ3v) is 10.0. The van der Waals surface area contributed by atoms with Crippen molar-refractivity contribution in [1.82, 2.24) is 0 Å². The fourth-order valence-corrected chi connectivity index (χ4v) is 6.88. The van der Waals surface area contributed by atoms with Gasteiger partial charge in [-0.2, -0.15) is 0 Å². The number of aliphatic hydroxyl groups excluding tert-OH is 3. The van der Waals surface area contributed by atoms with Crippen LogP contribution in [0.1, 0.15) is 162 Å². The van der Waals surface area contributed by atoms with E-state index >= 15 is 0 Å². The molecule has 0 aromatic heterocycles. The Hall–Kier alpha value is -1.59. The van der Waals surface area contributed by atoms with E-state index in [2.05, 4.69) is 18.4 Å². The van der Waals surface area contributed by atoms with Crippen molar-refractivity contribution in [3.8, 4) is 0 Å². The minimum Gasteiger partial charge on any atom is -0.498 e. The second kappa shape index (κ2) is 29.8. The van der Waals surface area contributed by atoms with Crippen molar-refractivity contribution in [2.45, 2.75) is 186 Å². The molecule has 1 fully saturated rings. The smallest absolute Gasteiger partial charge is 0.469 e. The summed E-state index contributed by atoms with van der Waals surface area (Å²) in [6.07, 6.45) is 24.6. The summed E-state index contributed by atoms with van der Waals surface area (Å²) in [6, 6.07) is 0. The van der Waals surface area contributed by atoms with Crippen molar-refractivity contribution in [3.63, 3.8) is 0 Å². The van der Waals surface area contributed by atoms with E-state index < -0.39 is 56.7 Å². The highest BCUT2D eigenvalue weighted by molar-refractivity contribution is 7.46. The van der Waals surface area contributed by atoms with E-state index in [-0.39, 0.29) is 38.1 Å². The molecule has 0 radical (unpaired) electrons. The highest BCUT2D eigenvalue weighted by atomic mass is 31.2. The summed E-state index contributed by atoms with van der Waals surface area (Å²) in [4.78, 5) is 43.4. The van der Waals surface area contributed by atoms with Gasteiger partial charge in [-0.25, -0.2) is 4.57 Å². The van der Waals surface area contributed by atoms with E-state index in [9.17, 15) is 29.5 Å². The Bertz CT molecular complexity index is 998. The third kappa shape index (κ3) is 25.9. The van der Waals surface area contributed by atoms with Gasteiger partial charge < -0.3 is 34.6 Å². The molecule has 51 heavy (non-hydrogen) atoms. The highest BCUT2D eigenvalue weighted by Gasteiger charge is 2.41. The molecule has 1 saturated carbocycles. The number of hydrogen-bond donors (Lipinski definition) is 5. The number of hydrogen-bond acceptors (Lipinski definition) is 9. The van der Waals surface area contributed by atoms with Crippen molar-refractivity contribution in [1.29, 1.82) is 0 Å². The van der Waals surface area contributed by atoms with Crippen LogP contribution in [0.15, 0.2) is 24.5 Å². The molecule has 0 amide bonds. The maximum Gasteiger partial charge on any atom is 0.469 e. The zero-order valence-corrected chi connectivity index (χ0v) is 32.5. The summed E-state index contributed by atoms with van der Waals surface area (Å²) >= 11 is 0. The van der Waals surface area contributed by atoms with Gasteiger partial charge in [0.15, 0.2) is 6.10 Å². The van der Waals surface area contributed by atoms with E-state index in [1.54, 1.807) is 12.2 Å². The van der Waals surface area contributed by atoms with Gasteiger partial charge in [-0.05, 0) is 38.2 Å². The molecule has 0 saturated heterocycles. The number of carbonyl (C=O) groups is 2. The standard InChI is InChI=1S/C39H71O11P/c1-3-5-7-8-9-10-11-12-13-14-15-16-17-21-27-48-30-34(31-49-51(45,46)47)50-39(44)24-20-19-23-33(41)28-36-35(37(42)29-38(36)43)26-25-32(40)22-18-6-4-2/h21,25-27,32,34-38,40,42-43H,3-20,22-24,28-31H2,1-2H3,(H2,45,46,47)/b26-25+,27-21+/t32-,34+,35+,36+,37+,38-/m0/s1. The number of ether oxygens (including phenoxy) is 2. The Balaban J connectivity index is 2.33. The van der Waals surface area contributed by atoms with Gasteiger partial charge in [0.2, 0.25) is 0 Å². The van der Waals surface area contributed by atoms with Gasteiger partial charge in [0.1, 0.15) is 12.4 Å². The van der Waals surface area contributed by atoms with E-state index in [0.29, 0.717) is 19.3 Å². The molecule has 1 rings (SSSR count). The molecule has 5 N–H and O–H groups in total. The second-order valence-electron chi connectivity index (χ2n) is 14.3. The first-order valence-corrected chi connectivity index (χ1v) is 21.4. The lowest BCUT2D eigenvalue weighted by Gasteiger charge is -2.20. The summed E-state index contributed by atoms with van der Waals surface area (Å²) in [6.45, 7) is 3.68. The molecule has 1 aliphatic carbocycles. The van der Waals surface area contributed by atoms with Gasteiger partial charge in [0.25, 0.3) is 0 Å². The molecule has 0 bridgehead atoms. The summed E-state index contributed by atoms with van der Waals surface area (Å²) in [5.74, 6) is -1.54. The summed E-state index contributed by atoms with van der Waals surface area (Å²) in [5, 5.41) is 31.2. The average molecular weight is 747 g/mol. The van der Waals surface area contributed by atoms with Gasteiger partial charge in [-0.15, -0.1) is 0 Å². The molecular formula is C39H71O11P. The summed E-state index contributed by atoms with van der Waals surface area (Å²) in [7, 11) is -4.77. The molecule has 0 heterocycles. The number of carbonyl (C=O) groups excluding carboxylic acids is 2. The fraction of sp³-hybridized carbons (Fsp3) is 0.846. The largest absolute Gasteiger partial charge is 0.498 e. The predicted octanol–water partition coefficient (Wildman–Crippen LogP) is 8.00. The first-order chi connectivity index (χ1) is 24.5. The van der Waals surface area contributed by atoms with Gasteiger partial charge in [0.05, 0.1) is 31.2 Å². The number of unbranched alkanes of at least 4 members (excludes halogenated alkanes) is 15. The maximum atomic E-state index is 12.7. The minimum absolute atomic E-state index is 0.000535. The van der Waals surface area contributed by atoms with E-state index in [0.717, 1.165) is 38.5 Å². The van der Waals surface area contributed by atoms with Crippen LogP contribution in [0.25, 0.3) is 0 Å². The van der Waals surface area contributed by atoms with Gasteiger partial charge >= 0.3 is 13.8 Å². The van der Waals surface area contributed by atoms with E-state index in [4.69, 9.17) is 19.3 Å². The zero-order valence-electron chi connectivity index (χ0n) is 31.6. The maximum absolute atomic E-state index is 12.7. The van der Waals surface area contributed by atoms with Crippen molar-refractivity contribution < 1.29 is 53.3 Å². The van der Waals surface area contributed by atoms with Crippen molar-refractivity contribution in [2.75, 3.05) is 13.2 Å². The molecule has 0 aromatic carbocycles. The quantitative estimate of drug-likeness (QED) is 0.0144. The molecule has 0 spiro atoms. The molecule has 0 aromatic rings. The summed E-state index contributed by atoms with van der Waals surface area (Å²) < 4.78 is 26.6. The van der Waals surface area contributed by atoms with Crippen LogP contribution in [0.2, 0.25) is 0 Å². The Morgan fingerprint density at radius 2 is 1.37 bits per heavy atom. The van der Waals surface area contributed by atoms with Crippen LogP contribution in [0.5, 0.6) is 0 Å². The van der Waals surface area contributed by atoms with Crippen LogP contribution in [-0.4, -0.2) is 74.5 Å². The number of phosphoric ester groups is 1. The first-order valence-electron chi connectivity index (χ1n) is 19.9. The van der Waals surface area contributed by atoms with Gasteiger partial charge in [0, 0.05) is 37.5 Å².